The minimum Gasteiger partial charge on any atom is -0.491 e. The summed E-state index contributed by atoms with van der Waals surface area (Å²) in [6.07, 6.45) is 6.20. The van der Waals surface area contributed by atoms with Crippen molar-refractivity contribution in [3.8, 4) is 5.75 Å². The molecular weight excluding hydrogens is 336 g/mol. The maximum Gasteiger partial charge on any atom is 0.119 e. The number of ether oxygens (including phenoxy) is 1. The number of fused-ring (bicyclic) bond motifs is 1. The van der Waals surface area contributed by atoms with E-state index in [1.165, 1.54) is 28.3 Å². The van der Waals surface area contributed by atoms with E-state index < -0.39 is 0 Å². The Morgan fingerprint density at radius 3 is 3.00 bits per heavy atom. The number of pyridine rings is 1. The molecule has 4 rings (SSSR count). The number of hydrogen-bond acceptors (Lipinski definition) is 4. The fourth-order valence-corrected chi connectivity index (χ4v) is 4.06. The summed E-state index contributed by atoms with van der Waals surface area (Å²) in [5.74, 6) is 1.53. The van der Waals surface area contributed by atoms with Gasteiger partial charge in [-0.2, -0.15) is 0 Å². The van der Waals surface area contributed by atoms with Crippen molar-refractivity contribution in [2.24, 2.45) is 5.92 Å². The largest absolute Gasteiger partial charge is 0.491 e. The molecule has 1 aliphatic rings. The van der Waals surface area contributed by atoms with Gasteiger partial charge in [0.1, 0.15) is 12.4 Å². The molecule has 1 aliphatic heterocycles. The highest BCUT2D eigenvalue weighted by Crippen LogP contribution is 2.26. The van der Waals surface area contributed by atoms with Crippen LogP contribution in [0.5, 0.6) is 5.75 Å². The first-order chi connectivity index (χ1) is 13.3. The van der Waals surface area contributed by atoms with E-state index in [0.717, 1.165) is 31.8 Å². The number of benzene rings is 2. The van der Waals surface area contributed by atoms with E-state index in [1.807, 2.05) is 24.5 Å². The predicted octanol–water partition coefficient (Wildman–Crippen LogP) is 3.67. The van der Waals surface area contributed by atoms with E-state index >= 15 is 0 Å². The number of rotatable bonds is 7. The third kappa shape index (κ3) is 4.46. The summed E-state index contributed by atoms with van der Waals surface area (Å²) in [6.45, 7) is 3.60. The molecule has 1 fully saturated rings. The standard InChI is InChI=1S/C23H26N2O2/c26-11-12-27-22-6-1-3-18(14-22)16-25-10-8-19(17-25)13-20-4-2-5-21-15-24-9-7-23(20)21/h1-7,9,14-15,19,26H,8,10-13,16-17H2/t19-/m0/s1. The minimum atomic E-state index is 0.0439. The molecule has 0 unspecified atom stereocenters. The molecule has 3 aromatic rings. The van der Waals surface area contributed by atoms with E-state index in [-0.39, 0.29) is 6.61 Å². The highest BCUT2D eigenvalue weighted by atomic mass is 16.5. The molecule has 0 bridgehead atoms. The van der Waals surface area contributed by atoms with Gasteiger partial charge in [0.05, 0.1) is 6.61 Å². The third-order valence-corrected chi connectivity index (χ3v) is 5.31. The van der Waals surface area contributed by atoms with Crippen molar-refractivity contribution >= 4 is 10.8 Å². The molecule has 1 aromatic heterocycles. The highest BCUT2D eigenvalue weighted by molar-refractivity contribution is 5.84. The van der Waals surface area contributed by atoms with Gasteiger partial charge in [0.15, 0.2) is 0 Å². The van der Waals surface area contributed by atoms with E-state index in [1.54, 1.807) is 0 Å². The van der Waals surface area contributed by atoms with Gasteiger partial charge in [0.2, 0.25) is 0 Å². The summed E-state index contributed by atoms with van der Waals surface area (Å²) >= 11 is 0. The normalized spacial score (nSPS) is 17.4. The van der Waals surface area contributed by atoms with Crippen LogP contribution in [0.15, 0.2) is 60.9 Å². The smallest absolute Gasteiger partial charge is 0.119 e. The summed E-state index contributed by atoms with van der Waals surface area (Å²) in [7, 11) is 0. The van der Waals surface area contributed by atoms with Crippen LogP contribution in [0.1, 0.15) is 17.5 Å². The SMILES string of the molecule is OCCOc1cccc(CN2CC[C@@H](Cc3cccc4cnccc34)C2)c1. The lowest BCUT2D eigenvalue weighted by molar-refractivity contribution is 0.201. The first-order valence-electron chi connectivity index (χ1n) is 9.68. The van der Waals surface area contributed by atoms with Crippen LogP contribution in [0.3, 0.4) is 0 Å². The van der Waals surface area contributed by atoms with Crippen LogP contribution in [-0.2, 0) is 13.0 Å². The topological polar surface area (TPSA) is 45.6 Å². The van der Waals surface area contributed by atoms with Crippen LogP contribution in [0.4, 0.5) is 0 Å². The summed E-state index contributed by atoms with van der Waals surface area (Å²) in [5.41, 5.74) is 2.70. The number of nitrogens with zero attached hydrogens (tertiary/aromatic N) is 2. The van der Waals surface area contributed by atoms with Crippen molar-refractivity contribution < 1.29 is 9.84 Å². The quantitative estimate of drug-likeness (QED) is 0.697. The Hall–Kier alpha value is -2.43. The van der Waals surface area contributed by atoms with Gasteiger partial charge in [0.25, 0.3) is 0 Å². The Morgan fingerprint density at radius 1 is 1.15 bits per heavy atom. The maximum absolute atomic E-state index is 8.91. The van der Waals surface area contributed by atoms with Crippen molar-refractivity contribution in [1.29, 1.82) is 0 Å². The molecule has 0 radical (unpaired) electrons. The van der Waals surface area contributed by atoms with Gasteiger partial charge in [-0.1, -0.05) is 30.3 Å². The van der Waals surface area contributed by atoms with Crippen LogP contribution in [0, 0.1) is 5.92 Å². The zero-order valence-corrected chi connectivity index (χ0v) is 15.6. The van der Waals surface area contributed by atoms with Crippen molar-refractivity contribution in [1.82, 2.24) is 9.88 Å². The number of likely N-dealkylation sites (tertiary alicyclic amines) is 1. The summed E-state index contributed by atoms with van der Waals surface area (Å²) in [6, 6.07) is 16.9. The van der Waals surface area contributed by atoms with E-state index in [2.05, 4.69) is 46.3 Å². The lowest BCUT2D eigenvalue weighted by atomic mass is 9.95. The van der Waals surface area contributed by atoms with Gasteiger partial charge >= 0.3 is 0 Å². The van der Waals surface area contributed by atoms with Crippen LogP contribution >= 0.6 is 0 Å². The summed E-state index contributed by atoms with van der Waals surface area (Å²) in [5, 5.41) is 11.5. The third-order valence-electron chi connectivity index (χ3n) is 5.31. The number of hydrogen-bond donors (Lipinski definition) is 1. The lowest BCUT2D eigenvalue weighted by Crippen LogP contribution is -2.20. The first kappa shape index (κ1) is 18.0. The van der Waals surface area contributed by atoms with Crippen molar-refractivity contribution in [3.05, 3.63) is 72.1 Å². The van der Waals surface area contributed by atoms with Crippen LogP contribution in [0.2, 0.25) is 0 Å². The molecule has 4 nitrogen and oxygen atoms in total. The fourth-order valence-electron chi connectivity index (χ4n) is 4.06. The molecule has 0 spiro atoms. The summed E-state index contributed by atoms with van der Waals surface area (Å²) < 4.78 is 5.53. The second-order valence-corrected chi connectivity index (χ2v) is 7.33. The second kappa shape index (κ2) is 8.51. The van der Waals surface area contributed by atoms with Crippen molar-refractivity contribution in [2.45, 2.75) is 19.4 Å². The Bertz CT molecular complexity index is 891. The molecule has 2 aromatic carbocycles. The lowest BCUT2D eigenvalue weighted by Gasteiger charge is -2.17. The minimum absolute atomic E-state index is 0.0439. The van der Waals surface area contributed by atoms with Crippen molar-refractivity contribution in [2.75, 3.05) is 26.3 Å². The first-order valence-corrected chi connectivity index (χ1v) is 9.68. The van der Waals surface area contributed by atoms with Crippen LogP contribution in [-0.4, -0.2) is 41.3 Å². The average molecular weight is 362 g/mol. The van der Waals surface area contributed by atoms with Crippen LogP contribution in [0.25, 0.3) is 10.8 Å². The molecule has 4 heteroatoms. The molecule has 1 atom stereocenters. The molecule has 1 saturated heterocycles. The molecule has 1 N–H and O–H groups in total. The Balaban J connectivity index is 1.37. The van der Waals surface area contributed by atoms with Crippen LogP contribution < -0.4 is 4.74 Å². The maximum atomic E-state index is 8.91. The molecule has 0 aliphatic carbocycles. The van der Waals surface area contributed by atoms with Gasteiger partial charge in [-0.3, -0.25) is 9.88 Å². The van der Waals surface area contributed by atoms with Gasteiger partial charge in [-0.05, 0) is 60.0 Å². The van der Waals surface area contributed by atoms with Gasteiger partial charge in [-0.15, -0.1) is 0 Å². The number of aliphatic hydroxyl groups is 1. The average Bonchev–Trinajstić information content (AvgIpc) is 3.14. The second-order valence-electron chi connectivity index (χ2n) is 7.33. The molecule has 0 saturated carbocycles. The van der Waals surface area contributed by atoms with Gasteiger partial charge in [0, 0.05) is 30.9 Å². The molecule has 27 heavy (non-hydrogen) atoms. The number of aromatic nitrogens is 1. The van der Waals surface area contributed by atoms with E-state index in [0.29, 0.717) is 12.5 Å². The van der Waals surface area contributed by atoms with Crippen molar-refractivity contribution in [3.63, 3.8) is 0 Å². The zero-order chi connectivity index (χ0) is 18.5. The highest BCUT2D eigenvalue weighted by Gasteiger charge is 2.23. The Morgan fingerprint density at radius 2 is 2.07 bits per heavy atom. The molecular formula is C23H26N2O2. The predicted molar refractivity (Wildman–Crippen MR) is 108 cm³/mol. The van der Waals surface area contributed by atoms with E-state index in [9.17, 15) is 0 Å². The monoisotopic (exact) mass is 362 g/mol. The Kier molecular flexibility index (Phi) is 5.66. The van der Waals surface area contributed by atoms with Gasteiger partial charge in [-0.25, -0.2) is 0 Å². The molecule has 2 heterocycles. The van der Waals surface area contributed by atoms with Gasteiger partial charge < -0.3 is 9.84 Å². The molecule has 0 amide bonds. The zero-order valence-electron chi connectivity index (χ0n) is 15.6. The van der Waals surface area contributed by atoms with E-state index in [4.69, 9.17) is 9.84 Å². The molecule has 140 valence electrons. The summed E-state index contributed by atoms with van der Waals surface area (Å²) in [4.78, 5) is 6.77. The Labute approximate surface area is 160 Å². The fraction of sp³-hybridized carbons (Fsp3) is 0.348. The number of aliphatic hydroxyl groups excluding tert-OH is 1.